The first kappa shape index (κ1) is 20.2. The summed E-state index contributed by atoms with van der Waals surface area (Å²) in [5.74, 6) is 0.532. The number of hydrogen-bond acceptors (Lipinski definition) is 5. The van der Waals surface area contributed by atoms with Gasteiger partial charge in [0, 0.05) is 22.8 Å². The Morgan fingerprint density at radius 3 is 2.73 bits per heavy atom. The van der Waals surface area contributed by atoms with E-state index in [1.54, 1.807) is 14.2 Å². The molecule has 2 aromatic carbocycles. The van der Waals surface area contributed by atoms with E-state index in [1.165, 1.54) is 23.5 Å². The summed E-state index contributed by atoms with van der Waals surface area (Å²) in [5, 5.41) is 4.74. The Kier molecular flexibility index (Phi) is 5.61. The number of imidazole rings is 1. The molecular weight excluding hydrogens is 429 g/mol. The van der Waals surface area contributed by atoms with Gasteiger partial charge in [-0.25, -0.2) is 9.37 Å². The van der Waals surface area contributed by atoms with Crippen molar-refractivity contribution in [2.45, 2.75) is 6.42 Å². The molecule has 154 valence electrons. The van der Waals surface area contributed by atoms with Gasteiger partial charge in [0.2, 0.25) is 5.91 Å². The smallest absolute Gasteiger partial charge is 0.230 e. The van der Waals surface area contributed by atoms with Gasteiger partial charge in [0.25, 0.3) is 0 Å². The number of anilines is 1. The summed E-state index contributed by atoms with van der Waals surface area (Å²) in [6.45, 7) is 0. The topological polar surface area (TPSA) is 64.9 Å². The van der Waals surface area contributed by atoms with Gasteiger partial charge >= 0.3 is 0 Å². The lowest BCUT2D eigenvalue weighted by Crippen LogP contribution is -2.15. The minimum atomic E-state index is -0.460. The molecule has 0 saturated carbocycles. The number of nitrogens with zero attached hydrogens (tertiary/aromatic N) is 2. The Labute approximate surface area is 180 Å². The fourth-order valence-electron chi connectivity index (χ4n) is 3.04. The number of fused-ring (bicyclic) bond motifs is 1. The Balaban J connectivity index is 1.56. The van der Waals surface area contributed by atoms with E-state index in [0.717, 1.165) is 28.0 Å². The molecular formula is C21H17ClFN3O3S. The lowest BCUT2D eigenvalue weighted by atomic mass is 10.1. The van der Waals surface area contributed by atoms with Gasteiger partial charge in [-0.2, -0.15) is 0 Å². The second-order valence-corrected chi connectivity index (χ2v) is 7.67. The predicted octanol–water partition coefficient (Wildman–Crippen LogP) is 5.05. The Bertz CT molecular complexity index is 1240. The summed E-state index contributed by atoms with van der Waals surface area (Å²) in [4.78, 5) is 17.9. The number of carbonyl (C=O) groups is 1. The maximum Gasteiger partial charge on any atom is 0.230 e. The zero-order valence-corrected chi connectivity index (χ0v) is 17.7. The number of thiazole rings is 1. The van der Waals surface area contributed by atoms with Crippen LogP contribution in [0.5, 0.6) is 11.5 Å². The van der Waals surface area contributed by atoms with E-state index >= 15 is 0 Å². The largest absolute Gasteiger partial charge is 0.493 e. The summed E-state index contributed by atoms with van der Waals surface area (Å²) >= 11 is 7.42. The molecule has 4 aromatic rings. The van der Waals surface area contributed by atoms with Crippen LogP contribution in [0.1, 0.15) is 5.69 Å². The summed E-state index contributed by atoms with van der Waals surface area (Å²) in [6.07, 6.45) is 2.00. The van der Waals surface area contributed by atoms with Crippen LogP contribution < -0.4 is 14.8 Å². The molecule has 0 saturated heterocycles. The summed E-state index contributed by atoms with van der Waals surface area (Å²) < 4.78 is 25.7. The van der Waals surface area contributed by atoms with Crippen molar-refractivity contribution in [2.75, 3.05) is 19.5 Å². The highest BCUT2D eigenvalue weighted by Gasteiger charge is 2.15. The highest BCUT2D eigenvalue weighted by molar-refractivity contribution is 7.15. The average molecular weight is 446 g/mol. The van der Waals surface area contributed by atoms with Gasteiger partial charge < -0.3 is 14.8 Å². The number of nitrogens with one attached hydrogen (secondary N) is 1. The third-order valence-electron chi connectivity index (χ3n) is 4.51. The minimum absolute atomic E-state index is 0.120. The first-order chi connectivity index (χ1) is 14.5. The molecule has 30 heavy (non-hydrogen) atoms. The Morgan fingerprint density at radius 2 is 2.00 bits per heavy atom. The SMILES string of the molecule is COc1ccc(-c2cn3c(CC(=O)Nc4ccc(F)cc4Cl)csc3n2)cc1OC. The third kappa shape index (κ3) is 3.96. The number of methoxy groups -OCH3 is 2. The molecule has 9 heteroatoms. The Hall–Kier alpha value is -3.10. The fraction of sp³-hybridized carbons (Fsp3) is 0.143. The molecule has 0 aliphatic carbocycles. The fourth-order valence-corrected chi connectivity index (χ4v) is 4.13. The van der Waals surface area contributed by atoms with Gasteiger partial charge in [-0.15, -0.1) is 11.3 Å². The molecule has 0 aliphatic heterocycles. The van der Waals surface area contributed by atoms with Crippen molar-refractivity contribution in [2.24, 2.45) is 0 Å². The molecule has 1 N–H and O–H groups in total. The second kappa shape index (κ2) is 8.33. The molecule has 0 bridgehead atoms. The lowest BCUT2D eigenvalue weighted by Gasteiger charge is -2.08. The monoisotopic (exact) mass is 445 g/mol. The van der Waals surface area contributed by atoms with Crippen LogP contribution in [-0.2, 0) is 11.2 Å². The zero-order chi connectivity index (χ0) is 21.3. The van der Waals surface area contributed by atoms with E-state index in [9.17, 15) is 9.18 Å². The van der Waals surface area contributed by atoms with Crippen molar-refractivity contribution in [3.63, 3.8) is 0 Å². The molecule has 0 spiro atoms. The van der Waals surface area contributed by atoms with E-state index in [1.807, 2.05) is 34.2 Å². The first-order valence-electron chi connectivity index (χ1n) is 8.91. The number of halogens is 2. The lowest BCUT2D eigenvalue weighted by molar-refractivity contribution is -0.115. The second-order valence-electron chi connectivity index (χ2n) is 6.42. The summed E-state index contributed by atoms with van der Waals surface area (Å²) in [5.41, 5.74) is 2.78. The number of hydrogen-bond donors (Lipinski definition) is 1. The van der Waals surface area contributed by atoms with E-state index in [4.69, 9.17) is 21.1 Å². The van der Waals surface area contributed by atoms with E-state index in [0.29, 0.717) is 17.2 Å². The van der Waals surface area contributed by atoms with Gasteiger partial charge in [-0.3, -0.25) is 9.20 Å². The van der Waals surface area contributed by atoms with Crippen molar-refractivity contribution >= 4 is 39.5 Å². The predicted molar refractivity (Wildman–Crippen MR) is 115 cm³/mol. The van der Waals surface area contributed by atoms with Crippen LogP contribution >= 0.6 is 22.9 Å². The van der Waals surface area contributed by atoms with Crippen LogP contribution in [0.2, 0.25) is 5.02 Å². The van der Waals surface area contributed by atoms with Crippen LogP contribution in [0.15, 0.2) is 48.0 Å². The quantitative estimate of drug-likeness (QED) is 0.451. The van der Waals surface area contributed by atoms with Crippen LogP contribution in [0, 0.1) is 5.82 Å². The summed E-state index contributed by atoms with van der Waals surface area (Å²) in [7, 11) is 3.16. The number of benzene rings is 2. The zero-order valence-electron chi connectivity index (χ0n) is 16.1. The molecule has 0 atom stereocenters. The van der Waals surface area contributed by atoms with Gasteiger partial charge in [0.15, 0.2) is 16.5 Å². The molecule has 2 heterocycles. The maximum atomic E-state index is 13.2. The molecule has 6 nitrogen and oxygen atoms in total. The maximum absolute atomic E-state index is 13.2. The summed E-state index contributed by atoms with van der Waals surface area (Å²) in [6, 6.07) is 9.42. The molecule has 4 rings (SSSR count). The molecule has 0 radical (unpaired) electrons. The van der Waals surface area contributed by atoms with Crippen molar-refractivity contribution in [1.29, 1.82) is 0 Å². The number of aromatic nitrogens is 2. The highest BCUT2D eigenvalue weighted by atomic mass is 35.5. The molecule has 2 aromatic heterocycles. The molecule has 1 amide bonds. The van der Waals surface area contributed by atoms with Gasteiger partial charge in [-0.1, -0.05) is 11.6 Å². The van der Waals surface area contributed by atoms with Crippen molar-refractivity contribution < 1.29 is 18.7 Å². The van der Waals surface area contributed by atoms with E-state index in [2.05, 4.69) is 10.3 Å². The Morgan fingerprint density at radius 1 is 1.20 bits per heavy atom. The van der Waals surface area contributed by atoms with Crippen LogP contribution in [0.25, 0.3) is 16.2 Å². The van der Waals surface area contributed by atoms with Crippen LogP contribution in [0.4, 0.5) is 10.1 Å². The number of amides is 1. The minimum Gasteiger partial charge on any atom is -0.493 e. The van der Waals surface area contributed by atoms with Gasteiger partial charge in [-0.05, 0) is 36.4 Å². The molecule has 0 unspecified atom stereocenters. The van der Waals surface area contributed by atoms with Crippen LogP contribution in [-0.4, -0.2) is 29.5 Å². The molecule has 0 aliphatic rings. The van der Waals surface area contributed by atoms with E-state index < -0.39 is 5.82 Å². The van der Waals surface area contributed by atoms with Gasteiger partial charge in [0.1, 0.15) is 5.82 Å². The van der Waals surface area contributed by atoms with Gasteiger partial charge in [0.05, 0.1) is 37.0 Å². The standard InChI is InChI=1S/C21H17ClFN3O3S/c1-28-18-6-3-12(7-19(18)29-2)17-10-26-14(11-30-21(26)25-17)9-20(27)24-16-5-4-13(23)8-15(16)22/h3-8,10-11H,9H2,1-2H3,(H,24,27). The van der Waals surface area contributed by atoms with Crippen molar-refractivity contribution in [3.8, 4) is 22.8 Å². The molecule has 0 fully saturated rings. The van der Waals surface area contributed by atoms with Crippen molar-refractivity contribution in [3.05, 3.63) is 64.5 Å². The number of carbonyl (C=O) groups excluding carboxylic acids is 1. The first-order valence-corrected chi connectivity index (χ1v) is 10.2. The van der Waals surface area contributed by atoms with Crippen molar-refractivity contribution in [1.82, 2.24) is 9.38 Å². The average Bonchev–Trinajstić information content (AvgIpc) is 3.31. The number of ether oxygens (including phenoxy) is 2. The van der Waals surface area contributed by atoms with E-state index in [-0.39, 0.29) is 17.4 Å². The third-order valence-corrected chi connectivity index (χ3v) is 5.71. The normalized spacial score (nSPS) is 10.9. The highest BCUT2D eigenvalue weighted by Crippen LogP contribution is 2.33. The number of rotatable bonds is 6. The van der Waals surface area contributed by atoms with Crippen LogP contribution in [0.3, 0.4) is 0 Å².